The van der Waals surface area contributed by atoms with Gasteiger partial charge >= 0.3 is 0 Å². The molecule has 2 N–H and O–H groups in total. The third kappa shape index (κ3) is 3.31. The minimum absolute atomic E-state index is 0.169. The standard InChI is InChI=1S/C17H21NO2/c1-12-6-4-5-7-15(12)11-18-13(2)14-8-9-16(19)17(10-14)20-3/h4-10,13,18-19H,11H2,1-3H3. The Morgan fingerprint density at radius 3 is 2.65 bits per heavy atom. The maximum Gasteiger partial charge on any atom is 0.160 e. The summed E-state index contributed by atoms with van der Waals surface area (Å²) in [5.74, 6) is 0.675. The Balaban J connectivity index is 2.05. The van der Waals surface area contributed by atoms with Gasteiger partial charge in [0.05, 0.1) is 7.11 Å². The first-order valence-electron chi connectivity index (χ1n) is 6.76. The molecule has 0 aliphatic rings. The predicted octanol–water partition coefficient (Wildman–Crippen LogP) is 3.56. The van der Waals surface area contributed by atoms with E-state index in [-0.39, 0.29) is 11.8 Å². The maximum absolute atomic E-state index is 9.62. The predicted molar refractivity (Wildman–Crippen MR) is 81.1 cm³/mol. The van der Waals surface area contributed by atoms with Crippen LogP contribution in [0.5, 0.6) is 11.5 Å². The highest BCUT2D eigenvalue weighted by atomic mass is 16.5. The summed E-state index contributed by atoms with van der Waals surface area (Å²) in [6, 6.07) is 14.0. The zero-order valence-electron chi connectivity index (χ0n) is 12.2. The van der Waals surface area contributed by atoms with Crippen molar-refractivity contribution in [2.75, 3.05) is 7.11 Å². The first-order chi connectivity index (χ1) is 9.61. The van der Waals surface area contributed by atoms with Gasteiger partial charge in [0, 0.05) is 12.6 Å². The molecule has 1 unspecified atom stereocenters. The van der Waals surface area contributed by atoms with Crippen LogP contribution in [0.2, 0.25) is 0 Å². The van der Waals surface area contributed by atoms with Crippen molar-refractivity contribution in [3.63, 3.8) is 0 Å². The molecule has 0 aromatic heterocycles. The molecule has 0 fully saturated rings. The van der Waals surface area contributed by atoms with E-state index in [0.717, 1.165) is 12.1 Å². The number of ether oxygens (including phenoxy) is 1. The van der Waals surface area contributed by atoms with Crippen LogP contribution in [0.25, 0.3) is 0 Å². The number of phenols is 1. The molecular weight excluding hydrogens is 250 g/mol. The van der Waals surface area contributed by atoms with Crippen molar-refractivity contribution in [3.8, 4) is 11.5 Å². The molecule has 1 atom stereocenters. The third-order valence-electron chi connectivity index (χ3n) is 3.56. The fourth-order valence-electron chi connectivity index (χ4n) is 2.15. The van der Waals surface area contributed by atoms with Gasteiger partial charge in [-0.3, -0.25) is 0 Å². The average molecular weight is 271 g/mol. The molecule has 3 nitrogen and oxygen atoms in total. The second-order valence-corrected chi connectivity index (χ2v) is 4.96. The molecule has 2 aromatic carbocycles. The van der Waals surface area contributed by atoms with E-state index in [2.05, 4.69) is 37.4 Å². The van der Waals surface area contributed by atoms with Crippen LogP contribution in [0.3, 0.4) is 0 Å². The van der Waals surface area contributed by atoms with Gasteiger partial charge in [-0.15, -0.1) is 0 Å². The Morgan fingerprint density at radius 1 is 1.20 bits per heavy atom. The molecule has 0 saturated heterocycles. The first kappa shape index (κ1) is 14.4. The molecule has 0 radical (unpaired) electrons. The molecule has 20 heavy (non-hydrogen) atoms. The Morgan fingerprint density at radius 2 is 1.95 bits per heavy atom. The van der Waals surface area contributed by atoms with Gasteiger partial charge in [0.1, 0.15) is 0 Å². The Bertz CT molecular complexity index is 581. The number of aromatic hydroxyl groups is 1. The summed E-state index contributed by atoms with van der Waals surface area (Å²) in [7, 11) is 1.56. The second kappa shape index (κ2) is 6.44. The summed E-state index contributed by atoms with van der Waals surface area (Å²) < 4.78 is 5.14. The van der Waals surface area contributed by atoms with Crippen molar-refractivity contribution >= 4 is 0 Å². The van der Waals surface area contributed by atoms with Crippen molar-refractivity contribution < 1.29 is 9.84 Å². The fraction of sp³-hybridized carbons (Fsp3) is 0.294. The fourth-order valence-corrected chi connectivity index (χ4v) is 2.15. The number of benzene rings is 2. The summed E-state index contributed by atoms with van der Waals surface area (Å²) in [6.45, 7) is 5.03. The van der Waals surface area contributed by atoms with Crippen LogP contribution in [-0.2, 0) is 6.54 Å². The van der Waals surface area contributed by atoms with Gasteiger partial charge in [-0.05, 0) is 42.7 Å². The van der Waals surface area contributed by atoms with E-state index in [0.29, 0.717) is 5.75 Å². The quantitative estimate of drug-likeness (QED) is 0.873. The van der Waals surface area contributed by atoms with Crippen LogP contribution < -0.4 is 10.1 Å². The molecule has 0 aliphatic carbocycles. The van der Waals surface area contributed by atoms with Crippen LogP contribution in [-0.4, -0.2) is 12.2 Å². The average Bonchev–Trinajstić information content (AvgIpc) is 2.46. The number of rotatable bonds is 5. The minimum Gasteiger partial charge on any atom is -0.504 e. The topological polar surface area (TPSA) is 41.5 Å². The lowest BCUT2D eigenvalue weighted by Crippen LogP contribution is -2.18. The number of hydrogen-bond donors (Lipinski definition) is 2. The van der Waals surface area contributed by atoms with E-state index >= 15 is 0 Å². The summed E-state index contributed by atoms with van der Waals surface area (Å²) in [5, 5.41) is 13.1. The molecule has 3 heteroatoms. The van der Waals surface area contributed by atoms with Crippen LogP contribution in [0.1, 0.15) is 29.7 Å². The van der Waals surface area contributed by atoms with Crippen LogP contribution >= 0.6 is 0 Å². The highest BCUT2D eigenvalue weighted by Gasteiger charge is 2.09. The van der Waals surface area contributed by atoms with Crippen LogP contribution in [0.4, 0.5) is 0 Å². The Kier molecular flexibility index (Phi) is 4.64. The molecule has 0 amide bonds. The van der Waals surface area contributed by atoms with Crippen LogP contribution in [0.15, 0.2) is 42.5 Å². The van der Waals surface area contributed by atoms with Gasteiger partial charge in [-0.25, -0.2) is 0 Å². The molecular formula is C17H21NO2. The molecule has 2 rings (SSSR count). The van der Waals surface area contributed by atoms with E-state index in [1.54, 1.807) is 13.2 Å². The normalized spacial score (nSPS) is 12.2. The largest absolute Gasteiger partial charge is 0.504 e. The number of hydrogen-bond acceptors (Lipinski definition) is 3. The zero-order valence-corrected chi connectivity index (χ0v) is 12.2. The smallest absolute Gasteiger partial charge is 0.160 e. The number of phenolic OH excluding ortho intramolecular Hbond substituents is 1. The van der Waals surface area contributed by atoms with Crippen LogP contribution in [0, 0.1) is 6.92 Å². The molecule has 106 valence electrons. The van der Waals surface area contributed by atoms with E-state index in [1.807, 2.05) is 18.2 Å². The van der Waals surface area contributed by atoms with Gasteiger partial charge in [0.25, 0.3) is 0 Å². The van der Waals surface area contributed by atoms with Gasteiger partial charge in [0.15, 0.2) is 11.5 Å². The van der Waals surface area contributed by atoms with Crippen molar-refractivity contribution in [1.29, 1.82) is 0 Å². The van der Waals surface area contributed by atoms with E-state index in [4.69, 9.17) is 4.74 Å². The highest BCUT2D eigenvalue weighted by Crippen LogP contribution is 2.28. The minimum atomic E-state index is 0.169. The molecule has 0 spiro atoms. The van der Waals surface area contributed by atoms with Crippen molar-refractivity contribution in [1.82, 2.24) is 5.32 Å². The monoisotopic (exact) mass is 271 g/mol. The van der Waals surface area contributed by atoms with Crippen molar-refractivity contribution in [3.05, 3.63) is 59.2 Å². The summed E-state index contributed by atoms with van der Waals surface area (Å²) in [6.07, 6.45) is 0. The summed E-state index contributed by atoms with van der Waals surface area (Å²) >= 11 is 0. The van der Waals surface area contributed by atoms with Gasteiger partial charge in [-0.2, -0.15) is 0 Å². The van der Waals surface area contributed by atoms with Gasteiger partial charge in [0.2, 0.25) is 0 Å². The van der Waals surface area contributed by atoms with Crippen molar-refractivity contribution in [2.45, 2.75) is 26.4 Å². The Labute approximate surface area is 120 Å². The van der Waals surface area contributed by atoms with Gasteiger partial charge < -0.3 is 15.2 Å². The number of nitrogens with one attached hydrogen (secondary N) is 1. The lowest BCUT2D eigenvalue weighted by atomic mass is 10.1. The molecule has 2 aromatic rings. The number of aryl methyl sites for hydroxylation is 1. The van der Waals surface area contributed by atoms with Crippen molar-refractivity contribution in [2.24, 2.45) is 0 Å². The lowest BCUT2D eigenvalue weighted by molar-refractivity contribution is 0.372. The third-order valence-corrected chi connectivity index (χ3v) is 3.56. The SMILES string of the molecule is COc1cc(C(C)NCc2ccccc2C)ccc1O. The molecule has 0 saturated carbocycles. The summed E-state index contributed by atoms with van der Waals surface area (Å²) in [5.41, 5.74) is 3.67. The zero-order chi connectivity index (χ0) is 14.5. The molecule has 0 heterocycles. The Hall–Kier alpha value is -2.00. The van der Waals surface area contributed by atoms with E-state index in [1.165, 1.54) is 11.1 Å². The molecule has 0 aliphatic heterocycles. The second-order valence-electron chi connectivity index (χ2n) is 4.96. The maximum atomic E-state index is 9.62. The van der Waals surface area contributed by atoms with E-state index < -0.39 is 0 Å². The summed E-state index contributed by atoms with van der Waals surface area (Å²) in [4.78, 5) is 0. The number of methoxy groups -OCH3 is 1. The molecule has 0 bridgehead atoms. The highest BCUT2D eigenvalue weighted by molar-refractivity contribution is 5.42. The lowest BCUT2D eigenvalue weighted by Gasteiger charge is -2.16. The van der Waals surface area contributed by atoms with E-state index in [9.17, 15) is 5.11 Å². The first-order valence-corrected chi connectivity index (χ1v) is 6.76. The van der Waals surface area contributed by atoms with Gasteiger partial charge in [-0.1, -0.05) is 30.3 Å².